The average Bonchev–Trinajstić information content (AvgIpc) is 2.18. The summed E-state index contributed by atoms with van der Waals surface area (Å²) in [4.78, 5) is 10.5. The number of aliphatic carboxylic acids is 1. The molecule has 0 aliphatic heterocycles. The molecule has 0 heterocycles. The number of alkyl halides is 3. The van der Waals surface area contributed by atoms with Gasteiger partial charge in [0.05, 0.1) is 19.4 Å². The zero-order valence-electron chi connectivity index (χ0n) is 8.83. The van der Waals surface area contributed by atoms with Gasteiger partial charge in [-0.2, -0.15) is 13.2 Å². The van der Waals surface area contributed by atoms with Crippen molar-refractivity contribution in [3.8, 4) is 5.75 Å². The third-order valence-corrected chi connectivity index (χ3v) is 1.96. The summed E-state index contributed by atoms with van der Waals surface area (Å²) >= 11 is 0. The topological polar surface area (TPSA) is 46.5 Å². The lowest BCUT2D eigenvalue weighted by Gasteiger charge is -2.11. The highest BCUT2D eigenvalue weighted by molar-refractivity contribution is 5.71. The number of hydrogen-bond acceptors (Lipinski definition) is 2. The molecule has 6 heteroatoms. The van der Waals surface area contributed by atoms with Gasteiger partial charge in [-0.1, -0.05) is 18.2 Å². The van der Waals surface area contributed by atoms with E-state index in [-0.39, 0.29) is 12.2 Å². The highest BCUT2D eigenvalue weighted by Crippen LogP contribution is 2.22. The third-order valence-electron chi connectivity index (χ3n) is 1.96. The van der Waals surface area contributed by atoms with E-state index in [1.807, 2.05) is 0 Å². The standard InChI is InChI=1S/C11H11F3O3/c12-11(13,14)5-6-17-9-4-2-1-3-8(9)7-10(15)16/h1-4H,5-7H2,(H,15,16). The predicted molar refractivity (Wildman–Crippen MR) is 53.9 cm³/mol. The van der Waals surface area contributed by atoms with E-state index >= 15 is 0 Å². The van der Waals surface area contributed by atoms with Gasteiger partial charge in [0, 0.05) is 5.56 Å². The van der Waals surface area contributed by atoms with E-state index in [0.717, 1.165) is 0 Å². The van der Waals surface area contributed by atoms with Gasteiger partial charge in [0.2, 0.25) is 0 Å². The Morgan fingerprint density at radius 3 is 2.53 bits per heavy atom. The zero-order chi connectivity index (χ0) is 12.9. The van der Waals surface area contributed by atoms with Crippen LogP contribution in [0.5, 0.6) is 5.75 Å². The number of benzene rings is 1. The minimum absolute atomic E-state index is 0.180. The highest BCUT2D eigenvalue weighted by Gasteiger charge is 2.27. The van der Waals surface area contributed by atoms with Gasteiger partial charge in [0.1, 0.15) is 5.75 Å². The van der Waals surface area contributed by atoms with Gasteiger partial charge in [-0.05, 0) is 6.07 Å². The molecule has 3 nitrogen and oxygen atoms in total. The molecule has 0 radical (unpaired) electrons. The first kappa shape index (κ1) is 13.3. The first-order valence-corrected chi connectivity index (χ1v) is 4.88. The highest BCUT2D eigenvalue weighted by atomic mass is 19.4. The number of hydrogen-bond donors (Lipinski definition) is 1. The van der Waals surface area contributed by atoms with Gasteiger partial charge in [0.15, 0.2) is 0 Å². The minimum atomic E-state index is -4.28. The molecule has 0 aliphatic rings. The Morgan fingerprint density at radius 1 is 1.29 bits per heavy atom. The molecule has 1 aromatic carbocycles. The molecule has 0 amide bonds. The lowest BCUT2D eigenvalue weighted by molar-refractivity contribution is -0.140. The Kier molecular flexibility index (Phi) is 4.37. The van der Waals surface area contributed by atoms with Gasteiger partial charge < -0.3 is 9.84 Å². The summed E-state index contributed by atoms with van der Waals surface area (Å²) in [5.41, 5.74) is 0.363. The second-order valence-corrected chi connectivity index (χ2v) is 3.39. The fraction of sp³-hybridized carbons (Fsp3) is 0.364. The molecule has 94 valence electrons. The van der Waals surface area contributed by atoms with Crippen LogP contribution in [0.3, 0.4) is 0 Å². The number of para-hydroxylation sites is 1. The van der Waals surface area contributed by atoms with E-state index in [9.17, 15) is 18.0 Å². The number of carboxylic acids is 1. The Bertz CT molecular complexity index is 388. The van der Waals surface area contributed by atoms with Crippen molar-refractivity contribution in [1.82, 2.24) is 0 Å². The maximum Gasteiger partial charge on any atom is 0.392 e. The van der Waals surface area contributed by atoms with Crippen LogP contribution in [0, 0.1) is 0 Å². The Balaban J connectivity index is 2.61. The van der Waals surface area contributed by atoms with Gasteiger partial charge in [-0.25, -0.2) is 0 Å². The smallest absolute Gasteiger partial charge is 0.392 e. The lowest BCUT2D eigenvalue weighted by Crippen LogP contribution is -2.14. The predicted octanol–water partition coefficient (Wildman–Crippen LogP) is 2.64. The van der Waals surface area contributed by atoms with Crippen molar-refractivity contribution in [2.24, 2.45) is 0 Å². The minimum Gasteiger partial charge on any atom is -0.493 e. The average molecular weight is 248 g/mol. The van der Waals surface area contributed by atoms with Gasteiger partial charge in [-0.15, -0.1) is 0 Å². The van der Waals surface area contributed by atoms with Crippen LogP contribution in [0.15, 0.2) is 24.3 Å². The van der Waals surface area contributed by atoms with Crippen molar-refractivity contribution >= 4 is 5.97 Å². The van der Waals surface area contributed by atoms with Gasteiger partial charge >= 0.3 is 12.1 Å². The number of ether oxygens (including phenoxy) is 1. The van der Waals surface area contributed by atoms with E-state index in [1.165, 1.54) is 12.1 Å². The van der Waals surface area contributed by atoms with Crippen LogP contribution in [-0.2, 0) is 11.2 Å². The molecule has 0 spiro atoms. The maximum absolute atomic E-state index is 11.9. The van der Waals surface area contributed by atoms with Crippen molar-refractivity contribution in [2.75, 3.05) is 6.61 Å². The molecule has 0 unspecified atom stereocenters. The summed E-state index contributed by atoms with van der Waals surface area (Å²) in [6.07, 6.45) is -5.61. The van der Waals surface area contributed by atoms with E-state index in [1.54, 1.807) is 12.1 Å². The maximum atomic E-state index is 11.9. The van der Waals surface area contributed by atoms with Crippen LogP contribution in [0.1, 0.15) is 12.0 Å². The fourth-order valence-corrected chi connectivity index (χ4v) is 1.23. The van der Waals surface area contributed by atoms with E-state index in [2.05, 4.69) is 0 Å². The number of carboxylic acid groups (broad SMARTS) is 1. The molecule has 0 fully saturated rings. The Morgan fingerprint density at radius 2 is 1.94 bits per heavy atom. The summed E-state index contributed by atoms with van der Waals surface area (Å²) in [7, 11) is 0. The molecule has 0 bridgehead atoms. The first-order valence-electron chi connectivity index (χ1n) is 4.88. The SMILES string of the molecule is O=C(O)Cc1ccccc1OCCC(F)(F)F. The van der Waals surface area contributed by atoms with Crippen molar-refractivity contribution < 1.29 is 27.8 Å². The molecular weight excluding hydrogens is 237 g/mol. The van der Waals surface area contributed by atoms with Crippen LogP contribution in [0.25, 0.3) is 0 Å². The van der Waals surface area contributed by atoms with Crippen LogP contribution in [0.2, 0.25) is 0 Å². The second kappa shape index (κ2) is 5.56. The molecule has 1 aromatic rings. The van der Waals surface area contributed by atoms with Gasteiger partial charge in [0.25, 0.3) is 0 Å². The van der Waals surface area contributed by atoms with Crippen LogP contribution < -0.4 is 4.74 Å². The molecule has 1 rings (SSSR count). The molecule has 1 N–H and O–H groups in total. The Labute approximate surface area is 95.8 Å². The fourth-order valence-electron chi connectivity index (χ4n) is 1.23. The second-order valence-electron chi connectivity index (χ2n) is 3.39. The van der Waals surface area contributed by atoms with Crippen molar-refractivity contribution in [3.05, 3.63) is 29.8 Å². The number of carbonyl (C=O) groups is 1. The quantitative estimate of drug-likeness (QED) is 0.871. The van der Waals surface area contributed by atoms with Crippen LogP contribution in [-0.4, -0.2) is 23.9 Å². The molecule has 0 aliphatic carbocycles. The number of rotatable bonds is 5. The van der Waals surface area contributed by atoms with Crippen molar-refractivity contribution in [3.63, 3.8) is 0 Å². The molecular formula is C11H11F3O3. The summed E-state index contributed by atoms with van der Waals surface area (Å²) in [6, 6.07) is 6.15. The molecule has 17 heavy (non-hydrogen) atoms. The molecule has 0 aromatic heterocycles. The summed E-state index contributed by atoms with van der Waals surface area (Å²) in [5, 5.41) is 8.61. The largest absolute Gasteiger partial charge is 0.493 e. The van der Waals surface area contributed by atoms with Crippen LogP contribution in [0.4, 0.5) is 13.2 Å². The molecule has 0 saturated carbocycles. The van der Waals surface area contributed by atoms with Gasteiger partial charge in [-0.3, -0.25) is 4.79 Å². The summed E-state index contributed by atoms with van der Waals surface area (Å²) in [5.74, 6) is -0.879. The van der Waals surface area contributed by atoms with Crippen molar-refractivity contribution in [2.45, 2.75) is 19.0 Å². The van der Waals surface area contributed by atoms with E-state index < -0.39 is 25.2 Å². The summed E-state index contributed by atoms with van der Waals surface area (Å²) < 4.78 is 40.6. The Hall–Kier alpha value is -1.72. The first-order chi connectivity index (χ1) is 7.88. The molecule has 0 atom stereocenters. The van der Waals surface area contributed by atoms with Crippen LogP contribution >= 0.6 is 0 Å². The number of halogens is 3. The summed E-state index contributed by atoms with van der Waals surface area (Å²) in [6.45, 7) is -0.514. The zero-order valence-corrected chi connectivity index (χ0v) is 8.83. The molecule has 0 saturated heterocycles. The lowest BCUT2D eigenvalue weighted by atomic mass is 10.1. The normalized spacial score (nSPS) is 11.2. The van der Waals surface area contributed by atoms with E-state index in [0.29, 0.717) is 5.56 Å². The third kappa shape index (κ3) is 5.24. The monoisotopic (exact) mass is 248 g/mol. The van der Waals surface area contributed by atoms with E-state index in [4.69, 9.17) is 9.84 Å². The van der Waals surface area contributed by atoms with Crippen molar-refractivity contribution in [1.29, 1.82) is 0 Å².